The average molecular weight is 912 g/mol. The molecule has 3 fully saturated rings. The number of benzene rings is 1. The van der Waals surface area contributed by atoms with Crippen LogP contribution >= 0.6 is 11.3 Å². The first kappa shape index (κ1) is 46.6. The molecule has 4 amide bonds. The zero-order valence-electron chi connectivity index (χ0n) is 39.1. The summed E-state index contributed by atoms with van der Waals surface area (Å²) in [6.45, 7) is 17.3. The van der Waals surface area contributed by atoms with Crippen LogP contribution in [-0.2, 0) is 48.0 Å². The van der Waals surface area contributed by atoms with Crippen molar-refractivity contribution in [3.63, 3.8) is 0 Å². The lowest BCUT2D eigenvalue weighted by atomic mass is 9.84. The number of piperazine rings is 1. The van der Waals surface area contributed by atoms with Crippen molar-refractivity contribution in [3.05, 3.63) is 58.2 Å². The highest BCUT2D eigenvalue weighted by Crippen LogP contribution is 2.42. The van der Waals surface area contributed by atoms with Gasteiger partial charge in [0.05, 0.1) is 54.1 Å². The van der Waals surface area contributed by atoms with E-state index in [9.17, 15) is 19.2 Å². The number of thiazole rings is 1. The molecule has 17 heteroatoms. The number of aryl methyl sites for hydroxylation is 1. The van der Waals surface area contributed by atoms with Crippen LogP contribution in [0.2, 0.25) is 0 Å². The number of esters is 1. The number of amides is 4. The zero-order valence-corrected chi connectivity index (χ0v) is 39.9. The minimum Gasteiger partial charge on any atom is -0.464 e. The Morgan fingerprint density at radius 2 is 1.94 bits per heavy atom. The van der Waals surface area contributed by atoms with Crippen LogP contribution in [0.3, 0.4) is 0 Å². The van der Waals surface area contributed by atoms with Gasteiger partial charge in [-0.05, 0) is 68.9 Å². The highest BCUT2D eigenvalue weighted by Gasteiger charge is 2.40. The second-order valence-electron chi connectivity index (χ2n) is 19.1. The van der Waals surface area contributed by atoms with E-state index in [4.69, 9.17) is 24.2 Å². The van der Waals surface area contributed by atoms with Crippen molar-refractivity contribution in [2.45, 2.75) is 104 Å². The fraction of sp³-hybridized carbons (Fsp3) is 0.583. The number of cyclic esters (lactones) is 1. The minimum absolute atomic E-state index is 0.105. The van der Waals surface area contributed by atoms with E-state index < -0.39 is 41.3 Å². The van der Waals surface area contributed by atoms with E-state index in [-0.39, 0.29) is 37.1 Å². The molecule has 3 aromatic heterocycles. The molecule has 350 valence electrons. The Morgan fingerprint density at radius 1 is 1.12 bits per heavy atom. The number of likely N-dealkylation sites (N-methyl/N-ethyl adjacent to an activating group) is 1. The highest BCUT2D eigenvalue weighted by atomic mass is 32.1. The summed E-state index contributed by atoms with van der Waals surface area (Å²) >= 11 is 1.43. The van der Waals surface area contributed by atoms with Gasteiger partial charge in [-0.25, -0.2) is 15.2 Å². The van der Waals surface area contributed by atoms with Gasteiger partial charge < -0.3 is 33.9 Å². The summed E-state index contributed by atoms with van der Waals surface area (Å²) in [7, 11) is 3.35. The number of nitrogens with one attached hydrogen (secondary N) is 2. The molecule has 2 N–H and O–H groups in total. The van der Waals surface area contributed by atoms with Crippen molar-refractivity contribution in [1.29, 1.82) is 0 Å². The maximum atomic E-state index is 14.7. The smallest absolute Gasteiger partial charge is 0.324 e. The molecule has 1 unspecified atom stereocenters. The first-order valence-electron chi connectivity index (χ1n) is 23.1. The number of nitrogens with zero attached hydrogens (tertiary/aromatic N) is 7. The minimum atomic E-state index is -1.05. The standard InChI is InChI=1S/C48H65N9O7S/c1-9-56-39-15-14-31-22-34(39)35(43(56)33-12-10-16-49-41(33)30(4)62-8)24-48(5,6)28-64-46(60)36-13-11-17-57(52-36)45(59)37(23-40-50-38(31)27-65-40)51-44(58)42(29(2)3)53(7)47(61)55-19-18-54-20-21-63-26-32(54)25-55/h10,12,14-16,22,27,29-30,32,36-37,42,52H,9,11,13,17-21,23-26,28H2,1-8H3,(H,51,58)/t30-,32?,36-,37-,42-/m0/s1. The van der Waals surface area contributed by atoms with Crippen molar-refractivity contribution < 1.29 is 33.4 Å². The number of hydrogen-bond acceptors (Lipinski definition) is 12. The van der Waals surface area contributed by atoms with Crippen LogP contribution in [0.4, 0.5) is 4.79 Å². The van der Waals surface area contributed by atoms with Gasteiger partial charge in [-0.2, -0.15) is 0 Å². The van der Waals surface area contributed by atoms with Crippen LogP contribution in [0.25, 0.3) is 33.4 Å². The van der Waals surface area contributed by atoms with Gasteiger partial charge in [0.1, 0.15) is 18.1 Å². The molecule has 0 aliphatic carbocycles. The van der Waals surface area contributed by atoms with Crippen LogP contribution in [0.1, 0.15) is 76.8 Å². The molecule has 16 nitrogen and oxygen atoms in total. The molecule has 4 aliphatic rings. The summed E-state index contributed by atoms with van der Waals surface area (Å²) in [6.07, 6.45) is 3.29. The largest absolute Gasteiger partial charge is 0.464 e. The molecule has 4 aromatic rings. The second-order valence-corrected chi connectivity index (χ2v) is 20.0. The number of ether oxygens (including phenoxy) is 3. The van der Waals surface area contributed by atoms with E-state index >= 15 is 0 Å². The number of fused-ring (bicyclic) bond motifs is 7. The molecular formula is C48H65N9O7S. The summed E-state index contributed by atoms with van der Waals surface area (Å²) in [4.78, 5) is 72.7. The SMILES string of the molecule is CCn1c(-c2cccnc2[C@H](C)OC)c2c3cc(ccc31)-c1csc(n1)C[C@H](NC(=O)[C@H](C(C)C)N(C)C(=O)N1CCN3CCOCC3C1)C(=O)N1CCC[C@H](N1)C(=O)OCC(C)(C)C2. The summed E-state index contributed by atoms with van der Waals surface area (Å²) in [6, 6.07) is 7.67. The molecule has 5 atom stereocenters. The number of aromatic nitrogens is 3. The molecule has 4 aliphatic heterocycles. The van der Waals surface area contributed by atoms with Crippen molar-refractivity contribution in [2.24, 2.45) is 11.3 Å². The normalized spacial score (nSPS) is 22.8. The van der Waals surface area contributed by atoms with E-state index in [0.717, 1.165) is 57.8 Å². The second kappa shape index (κ2) is 19.5. The van der Waals surface area contributed by atoms with E-state index in [1.807, 2.05) is 32.2 Å². The molecule has 65 heavy (non-hydrogen) atoms. The predicted molar refractivity (Wildman–Crippen MR) is 249 cm³/mol. The quantitative estimate of drug-likeness (QED) is 0.221. The molecule has 7 heterocycles. The van der Waals surface area contributed by atoms with E-state index in [1.54, 1.807) is 25.3 Å². The molecule has 8 rings (SSSR count). The number of urea groups is 1. The first-order valence-corrected chi connectivity index (χ1v) is 24.0. The van der Waals surface area contributed by atoms with Crippen LogP contribution in [0, 0.1) is 11.3 Å². The summed E-state index contributed by atoms with van der Waals surface area (Å²) in [5.41, 5.74) is 9.39. The number of pyridine rings is 1. The zero-order chi connectivity index (χ0) is 46.2. The van der Waals surface area contributed by atoms with Crippen molar-refractivity contribution in [2.75, 3.05) is 66.7 Å². The van der Waals surface area contributed by atoms with Gasteiger partial charge in [0.25, 0.3) is 5.91 Å². The fourth-order valence-corrected chi connectivity index (χ4v) is 10.9. The lowest BCUT2D eigenvalue weighted by Gasteiger charge is -2.45. The van der Waals surface area contributed by atoms with E-state index in [2.05, 4.69) is 65.2 Å². The molecule has 6 bridgehead atoms. The Morgan fingerprint density at radius 3 is 2.71 bits per heavy atom. The molecule has 0 saturated carbocycles. The highest BCUT2D eigenvalue weighted by molar-refractivity contribution is 7.10. The molecule has 1 aromatic carbocycles. The monoisotopic (exact) mass is 911 g/mol. The maximum absolute atomic E-state index is 14.7. The Kier molecular flexibility index (Phi) is 14.0. The molecule has 3 saturated heterocycles. The van der Waals surface area contributed by atoms with Gasteiger partial charge in [-0.15, -0.1) is 11.3 Å². The van der Waals surface area contributed by atoms with Gasteiger partial charge in [0, 0.05) is 98.9 Å². The average Bonchev–Trinajstić information content (AvgIpc) is 3.90. The van der Waals surface area contributed by atoms with E-state index in [1.165, 1.54) is 21.2 Å². The van der Waals surface area contributed by atoms with Gasteiger partial charge in [-0.3, -0.25) is 29.3 Å². The maximum Gasteiger partial charge on any atom is 0.324 e. The number of carbonyl (C=O) groups excluding carboxylic acids is 4. The van der Waals surface area contributed by atoms with Crippen molar-refractivity contribution in [3.8, 4) is 22.5 Å². The third-order valence-corrected chi connectivity index (χ3v) is 14.4. The Bertz CT molecular complexity index is 2400. The van der Waals surface area contributed by atoms with Gasteiger partial charge in [0.2, 0.25) is 5.91 Å². The Balaban J connectivity index is 1.15. The number of carbonyl (C=O) groups is 4. The summed E-state index contributed by atoms with van der Waals surface area (Å²) in [5.74, 6) is -1.54. The lowest BCUT2D eigenvalue weighted by Crippen LogP contribution is -2.64. The summed E-state index contributed by atoms with van der Waals surface area (Å²) in [5, 5.41) is 8.23. The van der Waals surface area contributed by atoms with Crippen LogP contribution in [0.15, 0.2) is 41.9 Å². The first-order chi connectivity index (χ1) is 31.2. The van der Waals surface area contributed by atoms with Crippen LogP contribution < -0.4 is 10.7 Å². The number of hydrazine groups is 1. The number of rotatable bonds is 8. The van der Waals surface area contributed by atoms with Gasteiger partial charge in [-0.1, -0.05) is 33.8 Å². The van der Waals surface area contributed by atoms with Gasteiger partial charge in [0.15, 0.2) is 0 Å². The third kappa shape index (κ3) is 9.66. The van der Waals surface area contributed by atoms with Crippen molar-refractivity contribution in [1.82, 2.24) is 45.0 Å². The molecule has 0 radical (unpaired) electrons. The predicted octanol–water partition coefficient (Wildman–Crippen LogP) is 5.30. The molecular weight excluding hydrogens is 847 g/mol. The summed E-state index contributed by atoms with van der Waals surface area (Å²) < 4.78 is 20.0. The van der Waals surface area contributed by atoms with Crippen molar-refractivity contribution >= 4 is 46.1 Å². The van der Waals surface area contributed by atoms with Crippen LogP contribution in [-0.4, -0.2) is 149 Å². The number of morpholine rings is 1. The van der Waals surface area contributed by atoms with Crippen LogP contribution in [0.5, 0.6) is 0 Å². The van der Waals surface area contributed by atoms with E-state index in [0.29, 0.717) is 63.7 Å². The Labute approximate surface area is 385 Å². The van der Waals surface area contributed by atoms with Gasteiger partial charge >= 0.3 is 12.0 Å². The number of hydrogen-bond donors (Lipinski definition) is 2. The molecule has 0 spiro atoms. The topological polar surface area (TPSA) is 164 Å². The number of methoxy groups -OCH3 is 1. The lowest BCUT2D eigenvalue weighted by molar-refractivity contribution is -0.155. The fourth-order valence-electron chi connectivity index (χ4n) is 10.0. The Hall–Kier alpha value is -4.94. The third-order valence-electron chi connectivity index (χ3n) is 13.5.